The average molecular weight is 288 g/mol. The predicted octanol–water partition coefficient (Wildman–Crippen LogP) is 1.27. The van der Waals surface area contributed by atoms with Crippen LogP contribution in [0.3, 0.4) is 0 Å². The van der Waals surface area contributed by atoms with Gasteiger partial charge < -0.3 is 10.1 Å². The van der Waals surface area contributed by atoms with Gasteiger partial charge in [-0.1, -0.05) is 17.7 Å². The zero-order valence-electron chi connectivity index (χ0n) is 12.6. The van der Waals surface area contributed by atoms with Crippen molar-refractivity contribution < 1.29 is 14.3 Å². The van der Waals surface area contributed by atoms with Crippen molar-refractivity contribution in [1.29, 1.82) is 0 Å². The topological polar surface area (TPSA) is 58.6 Å². The molecule has 1 saturated heterocycles. The lowest BCUT2D eigenvalue weighted by Crippen LogP contribution is -2.39. The zero-order valence-corrected chi connectivity index (χ0v) is 12.6. The number of carbonyl (C=O) groups excluding carboxylic acids is 2. The second-order valence-corrected chi connectivity index (χ2v) is 5.82. The van der Waals surface area contributed by atoms with Gasteiger partial charge in [-0.15, -0.1) is 0 Å². The highest BCUT2D eigenvalue weighted by atomic mass is 16.5. The van der Waals surface area contributed by atoms with Crippen molar-refractivity contribution in [2.24, 2.45) is 11.8 Å². The molecule has 3 atom stereocenters. The summed E-state index contributed by atoms with van der Waals surface area (Å²) in [4.78, 5) is 25.6. The van der Waals surface area contributed by atoms with Crippen LogP contribution in [0.1, 0.15) is 23.6 Å². The Bertz CT molecular complexity index is 579. The number of nitrogens with zero attached hydrogens (tertiary/aromatic N) is 1. The summed E-state index contributed by atoms with van der Waals surface area (Å²) in [5.74, 6) is 0.641. The largest absolute Gasteiger partial charge is 0.496 e. The molecule has 0 aromatic heterocycles. The van der Waals surface area contributed by atoms with Crippen molar-refractivity contribution in [3.8, 4) is 5.75 Å². The Balaban J connectivity index is 1.84. The van der Waals surface area contributed by atoms with Crippen molar-refractivity contribution >= 4 is 11.8 Å². The lowest BCUT2D eigenvalue weighted by molar-refractivity contribution is -0.141. The van der Waals surface area contributed by atoms with E-state index in [-0.39, 0.29) is 29.7 Å². The third-order valence-electron chi connectivity index (χ3n) is 4.43. The van der Waals surface area contributed by atoms with Crippen LogP contribution >= 0.6 is 0 Å². The summed E-state index contributed by atoms with van der Waals surface area (Å²) in [6.07, 6.45) is 0.742. The van der Waals surface area contributed by atoms with E-state index in [0.717, 1.165) is 23.3 Å². The SMILES string of the molecule is CNC(CN1C(=O)C2CC2C1=O)c1cc(C)ccc1OC. The monoisotopic (exact) mass is 288 g/mol. The van der Waals surface area contributed by atoms with E-state index < -0.39 is 0 Å². The first-order valence-electron chi connectivity index (χ1n) is 7.23. The molecule has 1 N–H and O–H groups in total. The molecule has 0 bridgehead atoms. The summed E-state index contributed by atoms with van der Waals surface area (Å²) in [6.45, 7) is 2.37. The van der Waals surface area contributed by atoms with Gasteiger partial charge in [0.15, 0.2) is 0 Å². The Kier molecular flexibility index (Phi) is 3.45. The molecule has 21 heavy (non-hydrogen) atoms. The summed E-state index contributed by atoms with van der Waals surface area (Å²) < 4.78 is 5.40. The molecule has 3 unspecified atom stereocenters. The van der Waals surface area contributed by atoms with Gasteiger partial charge in [0.2, 0.25) is 11.8 Å². The number of benzene rings is 1. The average Bonchev–Trinajstić information content (AvgIpc) is 3.23. The third kappa shape index (κ3) is 2.31. The van der Waals surface area contributed by atoms with Crippen molar-refractivity contribution in [2.45, 2.75) is 19.4 Å². The van der Waals surface area contributed by atoms with E-state index in [9.17, 15) is 9.59 Å². The van der Waals surface area contributed by atoms with Crippen molar-refractivity contribution in [3.05, 3.63) is 29.3 Å². The molecule has 5 nitrogen and oxygen atoms in total. The standard InChI is InChI=1S/C16H20N2O3/c1-9-4-5-14(21-3)12(6-9)13(17-2)8-18-15(19)10-7-11(10)16(18)20/h4-6,10-11,13,17H,7-8H2,1-3H3. The minimum absolute atomic E-state index is 0.0168. The molecule has 1 aliphatic carbocycles. The van der Waals surface area contributed by atoms with E-state index in [0.29, 0.717) is 6.54 Å². The van der Waals surface area contributed by atoms with Crippen molar-refractivity contribution in [3.63, 3.8) is 0 Å². The minimum Gasteiger partial charge on any atom is -0.496 e. The van der Waals surface area contributed by atoms with Gasteiger partial charge in [-0.25, -0.2) is 0 Å². The molecule has 112 valence electrons. The van der Waals surface area contributed by atoms with Crippen LogP contribution in [0, 0.1) is 18.8 Å². The number of nitrogens with one attached hydrogen (secondary N) is 1. The molecule has 2 aliphatic rings. The Morgan fingerprint density at radius 2 is 2.00 bits per heavy atom. The number of imide groups is 1. The molecule has 2 amide bonds. The molecule has 0 radical (unpaired) electrons. The fraction of sp³-hybridized carbons (Fsp3) is 0.500. The molecule has 3 rings (SSSR count). The van der Waals surface area contributed by atoms with Crippen LogP contribution in [-0.2, 0) is 9.59 Å². The number of ether oxygens (including phenoxy) is 1. The number of methoxy groups -OCH3 is 1. The molecule has 1 aromatic rings. The molecule has 1 aromatic carbocycles. The van der Waals surface area contributed by atoms with E-state index in [1.54, 1.807) is 7.11 Å². The first-order chi connectivity index (χ1) is 10.1. The number of likely N-dealkylation sites (N-methyl/N-ethyl adjacent to an activating group) is 1. The summed E-state index contributed by atoms with van der Waals surface area (Å²) in [6, 6.07) is 5.81. The Morgan fingerprint density at radius 3 is 2.57 bits per heavy atom. The van der Waals surface area contributed by atoms with Gasteiger partial charge >= 0.3 is 0 Å². The van der Waals surface area contributed by atoms with Gasteiger partial charge in [-0.05, 0) is 26.5 Å². The molecule has 1 heterocycles. The number of amides is 2. The number of aryl methyl sites for hydroxylation is 1. The highest BCUT2D eigenvalue weighted by Crippen LogP contribution is 2.47. The first-order valence-corrected chi connectivity index (χ1v) is 7.23. The maximum Gasteiger partial charge on any atom is 0.233 e. The highest BCUT2D eigenvalue weighted by Gasteiger charge is 2.58. The predicted molar refractivity (Wildman–Crippen MR) is 77.8 cm³/mol. The maximum atomic E-state index is 12.1. The number of rotatable bonds is 5. The molecular formula is C16H20N2O3. The van der Waals surface area contributed by atoms with Crippen molar-refractivity contribution in [2.75, 3.05) is 20.7 Å². The van der Waals surface area contributed by atoms with E-state index >= 15 is 0 Å². The van der Waals surface area contributed by atoms with Crippen LogP contribution in [-0.4, -0.2) is 37.4 Å². The van der Waals surface area contributed by atoms with Crippen LogP contribution < -0.4 is 10.1 Å². The number of likely N-dealkylation sites (tertiary alicyclic amines) is 1. The number of hydrogen-bond donors (Lipinski definition) is 1. The van der Waals surface area contributed by atoms with Crippen LogP contribution in [0.25, 0.3) is 0 Å². The van der Waals surface area contributed by atoms with E-state index in [1.165, 1.54) is 4.90 Å². The number of hydrogen-bond acceptors (Lipinski definition) is 4. The van der Waals surface area contributed by atoms with E-state index in [1.807, 2.05) is 32.2 Å². The van der Waals surface area contributed by atoms with Gasteiger partial charge in [0.05, 0.1) is 25.0 Å². The van der Waals surface area contributed by atoms with Crippen LogP contribution in [0.5, 0.6) is 5.75 Å². The van der Waals surface area contributed by atoms with Gasteiger partial charge in [0.1, 0.15) is 5.75 Å². The maximum absolute atomic E-state index is 12.1. The van der Waals surface area contributed by atoms with Crippen LogP contribution in [0.4, 0.5) is 0 Å². The lowest BCUT2D eigenvalue weighted by atomic mass is 10.0. The molecule has 1 saturated carbocycles. The Labute approximate surface area is 124 Å². The second-order valence-electron chi connectivity index (χ2n) is 5.82. The number of piperidine rings is 1. The summed E-state index contributed by atoms with van der Waals surface area (Å²) >= 11 is 0. The van der Waals surface area contributed by atoms with Crippen LogP contribution in [0.2, 0.25) is 0 Å². The lowest BCUT2D eigenvalue weighted by Gasteiger charge is -2.25. The molecule has 5 heteroatoms. The normalized spacial score (nSPS) is 25.0. The van der Waals surface area contributed by atoms with E-state index in [4.69, 9.17) is 4.74 Å². The van der Waals surface area contributed by atoms with Gasteiger partial charge in [0, 0.05) is 12.1 Å². The smallest absolute Gasteiger partial charge is 0.233 e. The number of fused-ring (bicyclic) bond motifs is 1. The van der Waals surface area contributed by atoms with Gasteiger partial charge in [-0.3, -0.25) is 14.5 Å². The summed E-state index contributed by atoms with van der Waals surface area (Å²) in [5, 5.41) is 3.19. The molecule has 1 aliphatic heterocycles. The third-order valence-corrected chi connectivity index (χ3v) is 4.43. The zero-order chi connectivity index (χ0) is 15.1. The second kappa shape index (κ2) is 5.15. The highest BCUT2D eigenvalue weighted by molar-refractivity contribution is 6.08. The minimum atomic E-state index is -0.120. The Morgan fingerprint density at radius 1 is 1.33 bits per heavy atom. The summed E-state index contributed by atoms with van der Waals surface area (Å²) in [5.41, 5.74) is 2.09. The Hall–Kier alpha value is -1.88. The first kappa shape index (κ1) is 14.1. The van der Waals surface area contributed by atoms with Gasteiger partial charge in [0.25, 0.3) is 0 Å². The van der Waals surface area contributed by atoms with E-state index in [2.05, 4.69) is 5.32 Å². The van der Waals surface area contributed by atoms with Gasteiger partial charge in [-0.2, -0.15) is 0 Å². The molecule has 2 fully saturated rings. The number of carbonyl (C=O) groups is 2. The quantitative estimate of drug-likeness (QED) is 0.829. The molecular weight excluding hydrogens is 268 g/mol. The molecule has 0 spiro atoms. The fourth-order valence-corrected chi connectivity index (χ4v) is 3.08. The van der Waals surface area contributed by atoms with Crippen molar-refractivity contribution in [1.82, 2.24) is 10.2 Å². The summed E-state index contributed by atoms with van der Waals surface area (Å²) in [7, 11) is 3.46. The fourth-order valence-electron chi connectivity index (χ4n) is 3.08. The van der Waals surface area contributed by atoms with Crippen LogP contribution in [0.15, 0.2) is 18.2 Å².